The van der Waals surface area contributed by atoms with E-state index in [-0.39, 0.29) is 5.91 Å². The lowest BCUT2D eigenvalue weighted by Crippen LogP contribution is -2.47. The molecular formula is C17H27N3OS. The Morgan fingerprint density at radius 2 is 2.00 bits per heavy atom. The zero-order valence-corrected chi connectivity index (χ0v) is 14.8. The van der Waals surface area contributed by atoms with Gasteiger partial charge in [-0.2, -0.15) is 0 Å². The van der Waals surface area contributed by atoms with Crippen molar-refractivity contribution < 1.29 is 4.79 Å². The van der Waals surface area contributed by atoms with Crippen molar-refractivity contribution in [2.45, 2.75) is 64.5 Å². The molecule has 0 spiro atoms. The smallest absolute Gasteiger partial charge is 0.266 e. The summed E-state index contributed by atoms with van der Waals surface area (Å²) in [5.74, 6) is 0.222. The standard InChI is InChI=1S/C17H27N3OS/c1-4-7-15-18-12(2)16(22-15)17(21)20-11-6-9-14(20)13-8-5-10-19(13)3/h13-14H,4-11H2,1-3H3/t13-,14-/m0/s1. The number of nitrogens with zero attached hydrogens (tertiary/aromatic N) is 3. The van der Waals surface area contributed by atoms with Gasteiger partial charge in [0.1, 0.15) is 4.88 Å². The molecule has 0 aromatic carbocycles. The number of thiazole rings is 1. The predicted molar refractivity (Wildman–Crippen MR) is 90.6 cm³/mol. The Hall–Kier alpha value is -0.940. The molecule has 0 unspecified atom stereocenters. The number of aryl methyl sites for hydroxylation is 2. The summed E-state index contributed by atoms with van der Waals surface area (Å²) < 4.78 is 0. The van der Waals surface area contributed by atoms with Gasteiger partial charge in [-0.15, -0.1) is 11.3 Å². The van der Waals surface area contributed by atoms with Gasteiger partial charge in [-0.3, -0.25) is 4.79 Å². The lowest BCUT2D eigenvalue weighted by Gasteiger charge is -2.33. The Labute approximate surface area is 137 Å². The van der Waals surface area contributed by atoms with Crippen molar-refractivity contribution in [1.29, 1.82) is 0 Å². The van der Waals surface area contributed by atoms with Gasteiger partial charge in [-0.25, -0.2) is 4.98 Å². The fourth-order valence-corrected chi connectivity index (χ4v) is 5.09. The van der Waals surface area contributed by atoms with E-state index in [1.54, 1.807) is 11.3 Å². The van der Waals surface area contributed by atoms with E-state index in [9.17, 15) is 4.79 Å². The molecule has 2 aliphatic heterocycles. The van der Waals surface area contributed by atoms with Crippen LogP contribution in [0.15, 0.2) is 0 Å². The van der Waals surface area contributed by atoms with Crippen LogP contribution in [0.4, 0.5) is 0 Å². The fourth-order valence-electron chi connectivity index (χ4n) is 3.97. The molecule has 0 radical (unpaired) electrons. The molecule has 5 heteroatoms. The third-order valence-electron chi connectivity index (χ3n) is 5.08. The molecule has 0 bridgehead atoms. The van der Waals surface area contributed by atoms with Crippen LogP contribution in [-0.2, 0) is 6.42 Å². The van der Waals surface area contributed by atoms with Crippen molar-refractivity contribution in [3.05, 3.63) is 15.6 Å². The van der Waals surface area contributed by atoms with Crippen molar-refractivity contribution in [2.24, 2.45) is 0 Å². The lowest BCUT2D eigenvalue weighted by molar-refractivity contribution is 0.0668. The van der Waals surface area contributed by atoms with Crippen LogP contribution in [0, 0.1) is 6.92 Å². The van der Waals surface area contributed by atoms with E-state index in [2.05, 4.69) is 28.8 Å². The van der Waals surface area contributed by atoms with E-state index < -0.39 is 0 Å². The Kier molecular flexibility index (Phi) is 4.83. The van der Waals surface area contributed by atoms with Crippen molar-refractivity contribution >= 4 is 17.2 Å². The number of amides is 1. The second-order valence-corrected chi connectivity index (χ2v) is 7.75. The van der Waals surface area contributed by atoms with Crippen LogP contribution in [0.3, 0.4) is 0 Å². The van der Waals surface area contributed by atoms with Gasteiger partial charge in [0.25, 0.3) is 5.91 Å². The maximum absolute atomic E-state index is 13.0. The first kappa shape index (κ1) is 15.9. The highest BCUT2D eigenvalue weighted by Crippen LogP contribution is 2.31. The molecule has 122 valence electrons. The highest BCUT2D eigenvalue weighted by molar-refractivity contribution is 7.13. The Morgan fingerprint density at radius 3 is 2.68 bits per heavy atom. The van der Waals surface area contributed by atoms with Crippen LogP contribution < -0.4 is 0 Å². The molecule has 22 heavy (non-hydrogen) atoms. The first-order valence-electron chi connectivity index (χ1n) is 8.59. The van der Waals surface area contributed by atoms with Crippen LogP contribution in [0.25, 0.3) is 0 Å². The highest BCUT2D eigenvalue weighted by atomic mass is 32.1. The number of likely N-dealkylation sites (N-methyl/N-ethyl adjacent to an activating group) is 1. The van der Waals surface area contributed by atoms with Gasteiger partial charge in [-0.1, -0.05) is 6.92 Å². The summed E-state index contributed by atoms with van der Waals surface area (Å²) in [6, 6.07) is 0.950. The first-order valence-corrected chi connectivity index (χ1v) is 9.41. The molecule has 0 aliphatic carbocycles. The summed E-state index contributed by atoms with van der Waals surface area (Å²) in [7, 11) is 2.20. The third kappa shape index (κ3) is 2.93. The molecule has 0 N–H and O–H groups in total. The third-order valence-corrected chi connectivity index (χ3v) is 6.29. The van der Waals surface area contributed by atoms with Crippen molar-refractivity contribution in [3.8, 4) is 0 Å². The van der Waals surface area contributed by atoms with Crippen LogP contribution in [0.2, 0.25) is 0 Å². The molecule has 3 heterocycles. The average molecular weight is 321 g/mol. The van der Waals surface area contributed by atoms with Crippen LogP contribution in [0.1, 0.15) is 59.4 Å². The van der Waals surface area contributed by atoms with Crippen molar-refractivity contribution in [2.75, 3.05) is 20.1 Å². The first-order chi connectivity index (χ1) is 10.6. The minimum Gasteiger partial charge on any atom is -0.333 e. The van der Waals surface area contributed by atoms with E-state index in [4.69, 9.17) is 0 Å². The minimum atomic E-state index is 0.222. The molecule has 2 atom stereocenters. The Balaban J connectivity index is 1.78. The Morgan fingerprint density at radius 1 is 1.27 bits per heavy atom. The maximum atomic E-state index is 13.0. The minimum absolute atomic E-state index is 0.222. The van der Waals surface area contributed by atoms with Gasteiger partial charge in [0.05, 0.1) is 10.7 Å². The summed E-state index contributed by atoms with van der Waals surface area (Å²) in [4.78, 5) is 23.1. The summed E-state index contributed by atoms with van der Waals surface area (Å²) in [5.41, 5.74) is 0.920. The normalized spacial score (nSPS) is 26.0. The quantitative estimate of drug-likeness (QED) is 0.855. The van der Waals surface area contributed by atoms with Crippen LogP contribution in [0.5, 0.6) is 0 Å². The highest BCUT2D eigenvalue weighted by Gasteiger charge is 2.39. The summed E-state index contributed by atoms with van der Waals surface area (Å²) in [5, 5.41) is 1.11. The van der Waals surface area contributed by atoms with Gasteiger partial charge >= 0.3 is 0 Å². The summed E-state index contributed by atoms with van der Waals surface area (Å²) >= 11 is 1.61. The number of hydrogen-bond donors (Lipinski definition) is 0. The topological polar surface area (TPSA) is 36.4 Å². The lowest BCUT2D eigenvalue weighted by atomic mass is 10.0. The molecule has 4 nitrogen and oxygen atoms in total. The molecule has 2 saturated heterocycles. The van der Waals surface area contributed by atoms with Crippen LogP contribution in [-0.4, -0.2) is 52.9 Å². The van der Waals surface area contributed by atoms with Crippen molar-refractivity contribution in [3.63, 3.8) is 0 Å². The van der Waals surface area contributed by atoms with E-state index in [0.717, 1.165) is 47.8 Å². The fraction of sp³-hybridized carbons (Fsp3) is 0.765. The zero-order chi connectivity index (χ0) is 15.7. The predicted octanol–water partition coefficient (Wildman–Crippen LogP) is 3.10. The molecular weight excluding hydrogens is 294 g/mol. The van der Waals surface area contributed by atoms with Gasteiger partial charge < -0.3 is 9.80 Å². The molecule has 2 aliphatic rings. The number of rotatable bonds is 4. The number of hydrogen-bond acceptors (Lipinski definition) is 4. The largest absolute Gasteiger partial charge is 0.333 e. The maximum Gasteiger partial charge on any atom is 0.266 e. The Bertz CT molecular complexity index is 542. The van der Waals surface area contributed by atoms with Crippen LogP contribution >= 0.6 is 11.3 Å². The monoisotopic (exact) mass is 321 g/mol. The number of likely N-dealkylation sites (tertiary alicyclic amines) is 2. The van der Waals surface area contributed by atoms with E-state index in [1.165, 1.54) is 19.4 Å². The van der Waals surface area contributed by atoms with Gasteiger partial charge in [0.2, 0.25) is 0 Å². The molecule has 1 amide bonds. The van der Waals surface area contributed by atoms with Crippen molar-refractivity contribution in [1.82, 2.24) is 14.8 Å². The number of carbonyl (C=O) groups is 1. The van der Waals surface area contributed by atoms with Gasteiger partial charge in [-0.05, 0) is 59.0 Å². The molecule has 1 aromatic rings. The molecule has 1 aromatic heterocycles. The SMILES string of the molecule is CCCc1nc(C)c(C(=O)N2CCC[C@H]2[C@@H]2CCCN2C)s1. The second kappa shape index (κ2) is 6.67. The van der Waals surface area contributed by atoms with E-state index >= 15 is 0 Å². The molecule has 2 fully saturated rings. The summed E-state index contributed by atoms with van der Waals surface area (Å²) in [6.07, 6.45) is 6.85. The van der Waals surface area contributed by atoms with E-state index in [0.29, 0.717) is 12.1 Å². The van der Waals surface area contributed by atoms with Gasteiger partial charge in [0.15, 0.2) is 0 Å². The number of aromatic nitrogens is 1. The number of carbonyl (C=O) groups excluding carboxylic acids is 1. The summed E-state index contributed by atoms with van der Waals surface area (Å²) in [6.45, 7) is 6.22. The average Bonchev–Trinajstić information content (AvgIpc) is 3.18. The molecule has 3 rings (SSSR count). The van der Waals surface area contributed by atoms with Gasteiger partial charge in [0, 0.05) is 18.6 Å². The second-order valence-electron chi connectivity index (χ2n) is 6.67. The molecule has 0 saturated carbocycles. The zero-order valence-electron chi connectivity index (χ0n) is 14.0. The van der Waals surface area contributed by atoms with E-state index in [1.807, 2.05) is 6.92 Å².